The number of ether oxygens (including phenoxy) is 2. The molecular weight excluding hydrogens is 650 g/mol. The van der Waals surface area contributed by atoms with Gasteiger partial charge < -0.3 is 9.47 Å². The summed E-state index contributed by atoms with van der Waals surface area (Å²) < 4.78 is 172. The van der Waals surface area contributed by atoms with Crippen molar-refractivity contribution in [3.8, 4) is 16.9 Å². The minimum Gasteiger partial charge on any atom is -0.405 e. The van der Waals surface area contributed by atoms with E-state index in [0.29, 0.717) is 29.8 Å². The molecule has 0 bridgehead atoms. The van der Waals surface area contributed by atoms with Gasteiger partial charge in [0.25, 0.3) is 0 Å². The van der Waals surface area contributed by atoms with Crippen molar-refractivity contribution in [3.63, 3.8) is 0 Å². The van der Waals surface area contributed by atoms with E-state index in [1.54, 1.807) is 13.8 Å². The maximum absolute atomic E-state index is 13.8. The summed E-state index contributed by atoms with van der Waals surface area (Å²) in [6.07, 6.45) is -21.8. The highest BCUT2D eigenvalue weighted by Gasteiger charge is 2.40. The monoisotopic (exact) mass is 675 g/mol. The minimum absolute atomic E-state index is 0.0588. The van der Waals surface area contributed by atoms with E-state index in [4.69, 9.17) is 9.57 Å². The zero-order valence-corrected chi connectivity index (χ0v) is 24.0. The fourth-order valence-electron chi connectivity index (χ4n) is 4.96. The van der Waals surface area contributed by atoms with Gasteiger partial charge in [-0.05, 0) is 77.6 Å². The van der Waals surface area contributed by atoms with E-state index in [0.717, 1.165) is 17.2 Å². The van der Waals surface area contributed by atoms with Crippen LogP contribution in [-0.2, 0) is 34.6 Å². The van der Waals surface area contributed by atoms with Crippen LogP contribution in [-0.4, -0.2) is 24.3 Å². The molecule has 0 N–H and O–H groups in total. The number of benzene rings is 3. The topological polar surface area (TPSA) is 30.9 Å². The number of hydrogen-bond acceptors (Lipinski definition) is 4. The SMILES string of the molecule is CC(C)c1ccc(OC(F)(F)F)c(-c2ccc(C(F)(F)F)cc2[C@H]2OCON(Cc3cc(C(F)(F)F)cc(C(F)(F)F)c3)[C@@H]2C)c1. The van der Waals surface area contributed by atoms with Gasteiger partial charge in [-0.3, -0.25) is 4.84 Å². The van der Waals surface area contributed by atoms with Crippen molar-refractivity contribution in [1.29, 1.82) is 0 Å². The molecule has 0 amide bonds. The first kappa shape index (κ1) is 35.4. The van der Waals surface area contributed by atoms with Crippen molar-refractivity contribution in [1.82, 2.24) is 5.06 Å². The molecule has 0 unspecified atom stereocenters. The molecule has 0 aliphatic carbocycles. The molecule has 4 nitrogen and oxygen atoms in total. The highest BCUT2D eigenvalue weighted by atomic mass is 19.4. The molecule has 1 aliphatic rings. The van der Waals surface area contributed by atoms with Crippen LogP contribution in [0.3, 0.4) is 0 Å². The van der Waals surface area contributed by atoms with E-state index < -0.39 is 78.4 Å². The van der Waals surface area contributed by atoms with E-state index in [-0.39, 0.29) is 28.7 Å². The zero-order chi connectivity index (χ0) is 34.4. The number of halogens is 12. The van der Waals surface area contributed by atoms with Crippen LogP contribution in [0, 0.1) is 0 Å². The third kappa shape index (κ3) is 8.25. The molecule has 3 aromatic carbocycles. The van der Waals surface area contributed by atoms with Crippen molar-refractivity contribution in [2.75, 3.05) is 6.79 Å². The Hall–Kier alpha value is -3.50. The van der Waals surface area contributed by atoms with Gasteiger partial charge in [0.1, 0.15) is 11.9 Å². The van der Waals surface area contributed by atoms with Crippen LogP contribution in [0.4, 0.5) is 52.7 Å². The summed E-state index contributed by atoms with van der Waals surface area (Å²) in [4.78, 5) is 5.33. The first-order valence-corrected chi connectivity index (χ1v) is 13.5. The molecular formula is C30H25F12NO3. The van der Waals surface area contributed by atoms with Crippen LogP contribution in [0.1, 0.15) is 66.2 Å². The first-order valence-electron chi connectivity index (χ1n) is 13.5. The van der Waals surface area contributed by atoms with Gasteiger partial charge in [-0.1, -0.05) is 26.0 Å². The van der Waals surface area contributed by atoms with E-state index >= 15 is 0 Å². The Kier molecular flexibility index (Phi) is 9.68. The third-order valence-corrected chi connectivity index (χ3v) is 7.22. The molecule has 252 valence electrons. The van der Waals surface area contributed by atoms with E-state index in [1.165, 1.54) is 19.1 Å². The molecule has 0 aromatic heterocycles. The highest BCUT2D eigenvalue weighted by Crippen LogP contribution is 2.45. The van der Waals surface area contributed by atoms with Crippen molar-refractivity contribution in [3.05, 3.63) is 88.0 Å². The summed E-state index contributed by atoms with van der Waals surface area (Å²) in [6, 6.07) is 5.67. The molecule has 1 aliphatic heterocycles. The first-order chi connectivity index (χ1) is 21.0. The fraction of sp³-hybridized carbons (Fsp3) is 0.400. The Labute approximate surface area is 254 Å². The van der Waals surface area contributed by atoms with Gasteiger partial charge in [0.2, 0.25) is 0 Å². The van der Waals surface area contributed by atoms with Crippen LogP contribution in [0.15, 0.2) is 54.6 Å². The molecule has 2 atom stereocenters. The van der Waals surface area contributed by atoms with Crippen LogP contribution < -0.4 is 4.74 Å². The zero-order valence-electron chi connectivity index (χ0n) is 24.0. The standard InChI is InChI=1S/C30H25F12NO3/c1-15(2)18-4-7-25(46-30(40,41)42)23(10-18)22-6-5-19(27(31,32)33)12-24(22)26-16(3)43(45-14-44-26)13-17-8-20(28(34,35)36)11-21(9-17)29(37,38)39/h4-12,15-16,26H,13-14H2,1-3H3/t16-,26+/m1/s1. The number of rotatable bonds is 6. The number of alkyl halides is 12. The second kappa shape index (κ2) is 12.6. The smallest absolute Gasteiger partial charge is 0.405 e. The lowest BCUT2D eigenvalue weighted by atomic mass is 9.88. The van der Waals surface area contributed by atoms with Gasteiger partial charge in [-0.2, -0.15) is 44.6 Å². The van der Waals surface area contributed by atoms with Crippen molar-refractivity contribution in [2.45, 2.75) is 70.3 Å². The molecule has 0 radical (unpaired) electrons. The van der Waals surface area contributed by atoms with Gasteiger partial charge in [0, 0.05) is 12.1 Å². The summed E-state index contributed by atoms with van der Waals surface area (Å²) >= 11 is 0. The van der Waals surface area contributed by atoms with Gasteiger partial charge in [-0.25, -0.2) is 0 Å². The van der Waals surface area contributed by atoms with Crippen LogP contribution >= 0.6 is 0 Å². The summed E-state index contributed by atoms with van der Waals surface area (Å²) in [7, 11) is 0. The lowest BCUT2D eigenvalue weighted by molar-refractivity contribution is -0.320. The Balaban J connectivity index is 1.83. The van der Waals surface area contributed by atoms with Gasteiger partial charge in [0.15, 0.2) is 6.79 Å². The average Bonchev–Trinajstić information content (AvgIpc) is 2.91. The van der Waals surface area contributed by atoms with Crippen molar-refractivity contribution in [2.24, 2.45) is 0 Å². The predicted octanol–water partition coefficient (Wildman–Crippen LogP) is 10.3. The molecule has 1 heterocycles. The summed E-state index contributed by atoms with van der Waals surface area (Å²) in [6.45, 7) is 3.40. The second-order valence-electron chi connectivity index (χ2n) is 10.8. The van der Waals surface area contributed by atoms with Gasteiger partial charge in [0.05, 0.1) is 22.7 Å². The van der Waals surface area contributed by atoms with Crippen molar-refractivity contribution >= 4 is 0 Å². The van der Waals surface area contributed by atoms with Gasteiger partial charge >= 0.3 is 24.9 Å². The Morgan fingerprint density at radius 1 is 0.739 bits per heavy atom. The highest BCUT2D eigenvalue weighted by molar-refractivity contribution is 5.75. The molecule has 1 saturated heterocycles. The molecule has 0 saturated carbocycles. The predicted molar refractivity (Wildman–Crippen MR) is 139 cm³/mol. The Morgan fingerprint density at radius 3 is 1.85 bits per heavy atom. The lowest BCUT2D eigenvalue weighted by Gasteiger charge is -2.39. The molecule has 0 spiro atoms. The fourth-order valence-corrected chi connectivity index (χ4v) is 4.96. The van der Waals surface area contributed by atoms with Gasteiger partial charge in [-0.15, -0.1) is 13.2 Å². The minimum atomic E-state index is -5.17. The molecule has 46 heavy (non-hydrogen) atoms. The van der Waals surface area contributed by atoms with Crippen molar-refractivity contribution < 1.29 is 67.0 Å². The van der Waals surface area contributed by atoms with Crippen LogP contribution in [0.25, 0.3) is 11.1 Å². The summed E-state index contributed by atoms with van der Waals surface area (Å²) in [5.74, 6) is -0.947. The quantitative estimate of drug-likeness (QED) is 0.244. The largest absolute Gasteiger partial charge is 0.573 e. The number of hydrogen-bond donors (Lipinski definition) is 0. The van der Waals surface area contributed by atoms with E-state index in [9.17, 15) is 52.7 Å². The maximum Gasteiger partial charge on any atom is 0.573 e. The molecule has 1 fully saturated rings. The third-order valence-electron chi connectivity index (χ3n) is 7.22. The van der Waals surface area contributed by atoms with Crippen LogP contribution in [0.5, 0.6) is 5.75 Å². The Bertz CT molecular complexity index is 1510. The molecule has 16 heteroatoms. The summed E-state index contributed by atoms with van der Waals surface area (Å²) in [5.41, 5.74) is -4.97. The lowest BCUT2D eigenvalue weighted by Crippen LogP contribution is -2.43. The summed E-state index contributed by atoms with van der Waals surface area (Å²) in [5, 5.41) is 0.936. The second-order valence-corrected chi connectivity index (χ2v) is 10.8. The van der Waals surface area contributed by atoms with E-state index in [1.807, 2.05) is 0 Å². The Morgan fingerprint density at radius 2 is 1.33 bits per heavy atom. The number of hydroxylamine groups is 2. The van der Waals surface area contributed by atoms with E-state index in [2.05, 4.69) is 4.74 Å². The molecule has 3 aromatic rings. The maximum atomic E-state index is 13.8. The normalized spacial score (nSPS) is 18.7. The molecule has 4 rings (SSSR count). The van der Waals surface area contributed by atoms with Crippen LogP contribution in [0.2, 0.25) is 0 Å². The number of nitrogens with zero attached hydrogens (tertiary/aromatic N) is 1. The average molecular weight is 676 g/mol.